The Bertz CT molecular complexity index is 1040. The SMILES string of the molecule is CC[C@@]1(c2ccccc2)NC(=O)N(NC(=O)CN2C(=O)CCOc3ccccc32)C1=O. The topological polar surface area (TPSA) is 108 Å². The van der Waals surface area contributed by atoms with E-state index in [1.54, 1.807) is 55.5 Å². The molecule has 2 aliphatic heterocycles. The lowest BCUT2D eigenvalue weighted by Gasteiger charge is -2.26. The Morgan fingerprint density at radius 2 is 1.81 bits per heavy atom. The summed E-state index contributed by atoms with van der Waals surface area (Å²) in [4.78, 5) is 52.3. The standard InChI is InChI=1S/C22H22N4O5/c1-2-22(15-8-4-3-5-9-15)20(29)26(21(30)23-22)24-18(27)14-25-16-10-6-7-11-17(16)31-13-12-19(25)28/h3-11H,2,12-14H2,1H3,(H,23,30)(H,24,27)/t22-/m0/s1. The lowest BCUT2D eigenvalue weighted by Crippen LogP contribution is -2.51. The van der Waals surface area contributed by atoms with Crippen LogP contribution in [0, 0.1) is 0 Å². The maximum absolute atomic E-state index is 13.1. The van der Waals surface area contributed by atoms with Gasteiger partial charge >= 0.3 is 6.03 Å². The van der Waals surface area contributed by atoms with Gasteiger partial charge < -0.3 is 10.1 Å². The Balaban J connectivity index is 1.53. The summed E-state index contributed by atoms with van der Waals surface area (Å²) in [5.74, 6) is -1.05. The highest BCUT2D eigenvalue weighted by Crippen LogP contribution is 2.32. The number of hydrazine groups is 1. The molecular weight excluding hydrogens is 400 g/mol. The number of anilines is 1. The quantitative estimate of drug-likeness (QED) is 0.713. The third-order valence-electron chi connectivity index (χ3n) is 5.46. The number of hydrogen-bond acceptors (Lipinski definition) is 5. The summed E-state index contributed by atoms with van der Waals surface area (Å²) >= 11 is 0. The number of hydrogen-bond donors (Lipinski definition) is 2. The second kappa shape index (κ2) is 8.10. The Morgan fingerprint density at radius 3 is 2.55 bits per heavy atom. The molecule has 1 saturated heterocycles. The molecule has 31 heavy (non-hydrogen) atoms. The van der Waals surface area contributed by atoms with Crippen LogP contribution in [-0.2, 0) is 19.9 Å². The zero-order valence-electron chi connectivity index (χ0n) is 17.0. The number of rotatable bonds is 5. The molecule has 0 radical (unpaired) electrons. The van der Waals surface area contributed by atoms with E-state index < -0.39 is 23.4 Å². The molecule has 0 aliphatic carbocycles. The van der Waals surface area contributed by atoms with Crippen molar-refractivity contribution >= 4 is 29.4 Å². The molecule has 0 bridgehead atoms. The minimum absolute atomic E-state index is 0.109. The van der Waals surface area contributed by atoms with Crippen LogP contribution in [0.15, 0.2) is 54.6 Å². The summed E-state index contributed by atoms with van der Waals surface area (Å²) in [6.07, 6.45) is 0.418. The van der Waals surface area contributed by atoms with E-state index in [4.69, 9.17) is 4.74 Å². The van der Waals surface area contributed by atoms with E-state index in [2.05, 4.69) is 10.7 Å². The number of fused-ring (bicyclic) bond motifs is 1. The Hall–Kier alpha value is -3.88. The van der Waals surface area contributed by atoms with E-state index in [9.17, 15) is 19.2 Å². The van der Waals surface area contributed by atoms with Crippen LogP contribution in [0.2, 0.25) is 0 Å². The Labute approximate surface area is 178 Å². The normalized spacial score (nSPS) is 20.6. The lowest BCUT2D eigenvalue weighted by atomic mass is 9.87. The average Bonchev–Trinajstić information content (AvgIpc) is 2.92. The molecule has 9 heteroatoms. The fourth-order valence-electron chi connectivity index (χ4n) is 3.84. The van der Waals surface area contributed by atoms with Crippen LogP contribution in [0.1, 0.15) is 25.3 Å². The largest absolute Gasteiger partial charge is 0.491 e. The number of imide groups is 1. The fraction of sp³-hybridized carbons (Fsp3) is 0.273. The molecule has 0 spiro atoms. The van der Waals surface area contributed by atoms with Gasteiger partial charge in [0, 0.05) is 0 Å². The van der Waals surface area contributed by atoms with Crippen LogP contribution < -0.4 is 20.4 Å². The smallest absolute Gasteiger partial charge is 0.344 e. The predicted octanol–water partition coefficient (Wildman–Crippen LogP) is 1.69. The monoisotopic (exact) mass is 422 g/mol. The first-order chi connectivity index (χ1) is 15.0. The minimum Gasteiger partial charge on any atom is -0.491 e. The van der Waals surface area contributed by atoms with E-state index in [0.717, 1.165) is 0 Å². The van der Waals surface area contributed by atoms with Crippen LogP contribution in [0.4, 0.5) is 10.5 Å². The molecule has 2 N–H and O–H groups in total. The number of ether oxygens (including phenoxy) is 1. The van der Waals surface area contributed by atoms with Gasteiger partial charge in [-0.15, -0.1) is 0 Å². The number of urea groups is 1. The minimum atomic E-state index is -1.26. The lowest BCUT2D eigenvalue weighted by molar-refractivity contribution is -0.139. The van der Waals surface area contributed by atoms with E-state index in [0.29, 0.717) is 28.4 Å². The van der Waals surface area contributed by atoms with Crippen molar-refractivity contribution < 1.29 is 23.9 Å². The van der Waals surface area contributed by atoms with Gasteiger partial charge in [0.1, 0.15) is 17.8 Å². The number of benzene rings is 2. The van der Waals surface area contributed by atoms with Crippen molar-refractivity contribution in [3.63, 3.8) is 0 Å². The van der Waals surface area contributed by atoms with Gasteiger partial charge in [-0.1, -0.05) is 49.4 Å². The maximum Gasteiger partial charge on any atom is 0.344 e. The van der Waals surface area contributed by atoms with Crippen LogP contribution in [0.3, 0.4) is 0 Å². The van der Waals surface area contributed by atoms with Crippen molar-refractivity contribution in [3.05, 3.63) is 60.2 Å². The number of para-hydroxylation sites is 2. The summed E-state index contributed by atoms with van der Waals surface area (Å²) in [5.41, 5.74) is 2.18. The highest BCUT2D eigenvalue weighted by molar-refractivity contribution is 6.09. The summed E-state index contributed by atoms with van der Waals surface area (Å²) < 4.78 is 5.57. The molecule has 9 nitrogen and oxygen atoms in total. The van der Waals surface area contributed by atoms with Crippen molar-refractivity contribution in [2.75, 3.05) is 18.1 Å². The summed E-state index contributed by atoms with van der Waals surface area (Å²) in [6.45, 7) is 1.63. The van der Waals surface area contributed by atoms with Crippen molar-refractivity contribution in [2.24, 2.45) is 0 Å². The van der Waals surface area contributed by atoms with E-state index in [-0.39, 0.29) is 25.5 Å². The highest BCUT2D eigenvalue weighted by atomic mass is 16.5. The van der Waals surface area contributed by atoms with Crippen LogP contribution >= 0.6 is 0 Å². The van der Waals surface area contributed by atoms with Gasteiger partial charge in [-0.3, -0.25) is 24.7 Å². The van der Waals surface area contributed by atoms with Crippen molar-refractivity contribution in [3.8, 4) is 5.75 Å². The number of carbonyl (C=O) groups is 4. The number of amides is 5. The summed E-state index contributed by atoms with van der Waals surface area (Å²) in [7, 11) is 0. The molecule has 0 aromatic heterocycles. The molecular formula is C22H22N4O5. The molecule has 2 aliphatic rings. The van der Waals surface area contributed by atoms with Crippen molar-refractivity contribution in [1.29, 1.82) is 0 Å². The second-order valence-corrected chi connectivity index (χ2v) is 7.28. The van der Waals surface area contributed by atoms with Crippen LogP contribution in [-0.4, -0.2) is 41.9 Å². The average molecular weight is 422 g/mol. The zero-order valence-corrected chi connectivity index (χ0v) is 17.0. The number of nitrogens with zero attached hydrogens (tertiary/aromatic N) is 2. The molecule has 0 saturated carbocycles. The Morgan fingerprint density at radius 1 is 1.10 bits per heavy atom. The molecule has 160 valence electrons. The first-order valence-electron chi connectivity index (χ1n) is 10.00. The summed E-state index contributed by atoms with van der Waals surface area (Å²) in [6, 6.07) is 15.0. The molecule has 2 aromatic rings. The van der Waals surface area contributed by atoms with Crippen molar-refractivity contribution in [1.82, 2.24) is 15.8 Å². The van der Waals surface area contributed by atoms with Gasteiger partial charge in [-0.05, 0) is 24.1 Å². The van der Waals surface area contributed by atoms with Gasteiger partial charge in [0.15, 0.2) is 0 Å². The van der Waals surface area contributed by atoms with Gasteiger partial charge in [-0.2, -0.15) is 5.01 Å². The molecule has 0 unspecified atom stereocenters. The van der Waals surface area contributed by atoms with Crippen LogP contribution in [0.25, 0.3) is 0 Å². The fourth-order valence-corrected chi connectivity index (χ4v) is 3.84. The first-order valence-corrected chi connectivity index (χ1v) is 10.00. The Kier molecular flexibility index (Phi) is 5.33. The highest BCUT2D eigenvalue weighted by Gasteiger charge is 2.52. The van der Waals surface area contributed by atoms with Crippen LogP contribution in [0.5, 0.6) is 5.75 Å². The molecule has 2 heterocycles. The van der Waals surface area contributed by atoms with Crippen molar-refractivity contribution in [2.45, 2.75) is 25.3 Å². The molecule has 5 amide bonds. The molecule has 4 rings (SSSR count). The third-order valence-corrected chi connectivity index (χ3v) is 5.46. The van der Waals surface area contributed by atoms with Gasteiger partial charge in [0.05, 0.1) is 18.7 Å². The third kappa shape index (κ3) is 3.58. The molecule has 2 aromatic carbocycles. The van der Waals surface area contributed by atoms with Gasteiger partial charge in [-0.25, -0.2) is 4.79 Å². The predicted molar refractivity (Wildman–Crippen MR) is 111 cm³/mol. The van der Waals surface area contributed by atoms with Gasteiger partial charge in [0.2, 0.25) is 5.91 Å². The summed E-state index contributed by atoms with van der Waals surface area (Å²) in [5, 5.41) is 3.38. The van der Waals surface area contributed by atoms with Gasteiger partial charge in [0.25, 0.3) is 11.8 Å². The molecule has 1 fully saturated rings. The first kappa shape index (κ1) is 20.4. The molecule has 1 atom stereocenters. The number of carbonyl (C=O) groups excluding carboxylic acids is 4. The maximum atomic E-state index is 13.1. The van der Waals surface area contributed by atoms with E-state index in [1.165, 1.54) is 4.90 Å². The second-order valence-electron chi connectivity index (χ2n) is 7.28. The number of nitrogens with one attached hydrogen (secondary N) is 2. The zero-order chi connectivity index (χ0) is 22.0. The van der Waals surface area contributed by atoms with E-state index in [1.807, 2.05) is 6.07 Å². The van der Waals surface area contributed by atoms with E-state index >= 15 is 0 Å².